The summed E-state index contributed by atoms with van der Waals surface area (Å²) in [6.07, 6.45) is 4.90. The number of rotatable bonds is 7. The quantitative estimate of drug-likeness (QED) is 0.587. The van der Waals surface area contributed by atoms with Gasteiger partial charge in [0.05, 0.1) is 16.8 Å². The van der Waals surface area contributed by atoms with Crippen LogP contribution >= 0.6 is 0 Å². The SMILES string of the molecule is CN/C=C1/C=C(c2nc(C)c3cc(N(CC(C)C)CC(C)C)ccc3n2)C(O)=CC1=N. The predicted molar refractivity (Wildman–Crippen MR) is 130 cm³/mol. The third kappa shape index (κ3) is 5.13. The van der Waals surface area contributed by atoms with Gasteiger partial charge in [-0.05, 0) is 43.0 Å². The molecule has 0 saturated heterocycles. The van der Waals surface area contributed by atoms with E-state index in [0.29, 0.717) is 28.8 Å². The fraction of sp³-hybridized carbons (Fsp3) is 0.400. The summed E-state index contributed by atoms with van der Waals surface area (Å²) in [7, 11) is 1.78. The zero-order valence-corrected chi connectivity index (χ0v) is 19.3. The first-order valence-electron chi connectivity index (χ1n) is 10.8. The molecule has 0 unspecified atom stereocenters. The van der Waals surface area contributed by atoms with Gasteiger partial charge in [0.25, 0.3) is 0 Å². The number of aliphatic hydroxyl groups excluding tert-OH is 1. The molecule has 1 aromatic carbocycles. The number of anilines is 1. The van der Waals surface area contributed by atoms with Gasteiger partial charge in [0.2, 0.25) is 0 Å². The van der Waals surface area contributed by atoms with Gasteiger partial charge in [0.1, 0.15) is 5.76 Å². The summed E-state index contributed by atoms with van der Waals surface area (Å²) < 4.78 is 0. The maximum Gasteiger partial charge on any atom is 0.163 e. The summed E-state index contributed by atoms with van der Waals surface area (Å²) in [6, 6.07) is 6.33. The zero-order valence-electron chi connectivity index (χ0n) is 19.3. The molecule has 164 valence electrons. The van der Waals surface area contributed by atoms with Crippen LogP contribution in [0, 0.1) is 24.2 Å². The minimum Gasteiger partial charge on any atom is -0.507 e. The summed E-state index contributed by atoms with van der Waals surface area (Å²) in [4.78, 5) is 11.9. The highest BCUT2D eigenvalue weighted by Crippen LogP contribution is 2.29. The number of allylic oxidation sites excluding steroid dienone is 4. The highest BCUT2D eigenvalue weighted by molar-refractivity contribution is 6.13. The molecule has 0 radical (unpaired) electrons. The molecule has 3 N–H and O–H groups in total. The van der Waals surface area contributed by atoms with Gasteiger partial charge in [-0.3, -0.25) is 0 Å². The summed E-state index contributed by atoms with van der Waals surface area (Å²) >= 11 is 0. The second-order valence-electron chi connectivity index (χ2n) is 8.92. The molecule has 6 nitrogen and oxygen atoms in total. The highest BCUT2D eigenvalue weighted by Gasteiger charge is 2.20. The number of aryl methyl sites for hydroxylation is 1. The van der Waals surface area contributed by atoms with Crippen LogP contribution in [-0.4, -0.2) is 40.9 Å². The van der Waals surface area contributed by atoms with Crippen LogP contribution in [0.25, 0.3) is 16.5 Å². The van der Waals surface area contributed by atoms with E-state index in [0.717, 1.165) is 29.7 Å². The van der Waals surface area contributed by atoms with Gasteiger partial charge in [-0.2, -0.15) is 0 Å². The molecule has 0 spiro atoms. The van der Waals surface area contributed by atoms with Crippen LogP contribution in [0.2, 0.25) is 0 Å². The minimum absolute atomic E-state index is 0.00802. The van der Waals surface area contributed by atoms with Crippen LogP contribution < -0.4 is 10.2 Å². The van der Waals surface area contributed by atoms with Gasteiger partial charge in [-0.1, -0.05) is 27.7 Å². The Morgan fingerprint density at radius 3 is 2.39 bits per heavy atom. The van der Waals surface area contributed by atoms with Crippen LogP contribution in [0.4, 0.5) is 5.69 Å². The van der Waals surface area contributed by atoms with Gasteiger partial charge in [-0.15, -0.1) is 0 Å². The third-order valence-corrected chi connectivity index (χ3v) is 5.11. The van der Waals surface area contributed by atoms with Crippen LogP contribution in [0.15, 0.2) is 47.9 Å². The molecule has 0 saturated carbocycles. The first-order valence-corrected chi connectivity index (χ1v) is 10.8. The van der Waals surface area contributed by atoms with Gasteiger partial charge >= 0.3 is 0 Å². The van der Waals surface area contributed by atoms with E-state index >= 15 is 0 Å². The van der Waals surface area contributed by atoms with E-state index in [1.165, 1.54) is 11.8 Å². The number of nitrogens with one attached hydrogen (secondary N) is 2. The third-order valence-electron chi connectivity index (χ3n) is 5.11. The lowest BCUT2D eigenvalue weighted by atomic mass is 9.98. The van der Waals surface area contributed by atoms with Gasteiger partial charge < -0.3 is 20.7 Å². The molecule has 0 atom stereocenters. The fourth-order valence-electron chi connectivity index (χ4n) is 3.81. The van der Waals surface area contributed by atoms with Crippen molar-refractivity contribution in [2.45, 2.75) is 34.6 Å². The molecule has 2 aromatic rings. The van der Waals surface area contributed by atoms with Crippen molar-refractivity contribution < 1.29 is 5.11 Å². The van der Waals surface area contributed by atoms with Crippen LogP contribution in [0.1, 0.15) is 39.2 Å². The van der Waals surface area contributed by atoms with Crippen molar-refractivity contribution in [1.29, 1.82) is 5.41 Å². The molecule has 1 heterocycles. The molecular weight excluding hydrogens is 386 g/mol. The van der Waals surface area contributed by atoms with Gasteiger partial charge in [-0.25, -0.2) is 9.97 Å². The maximum atomic E-state index is 10.4. The molecule has 0 amide bonds. The Kier molecular flexibility index (Phi) is 6.78. The number of hydrogen-bond donors (Lipinski definition) is 3. The Labute approximate surface area is 184 Å². The van der Waals surface area contributed by atoms with Gasteiger partial charge in [0.15, 0.2) is 5.82 Å². The number of benzene rings is 1. The average molecular weight is 420 g/mol. The minimum atomic E-state index is 0.00802. The van der Waals surface area contributed by atoms with Crippen molar-refractivity contribution >= 4 is 27.9 Å². The van der Waals surface area contributed by atoms with Crippen molar-refractivity contribution in [3.8, 4) is 0 Å². The average Bonchev–Trinajstić information content (AvgIpc) is 2.68. The second-order valence-corrected chi connectivity index (χ2v) is 8.92. The smallest absolute Gasteiger partial charge is 0.163 e. The number of nitrogens with zero attached hydrogens (tertiary/aromatic N) is 3. The fourth-order valence-corrected chi connectivity index (χ4v) is 3.81. The standard InChI is InChI=1S/C25H33N5O/c1-15(2)13-30(14-16(3)4)19-7-8-23-20(10-19)17(5)28-25(29-23)21-9-18(12-27-6)22(26)11-24(21)31/h7-12,15-16,26-27,31H,13-14H2,1-6H3/b18-12-,26-22?. The normalized spacial score (nSPS) is 15.6. The first kappa shape index (κ1) is 22.5. The first-order chi connectivity index (χ1) is 14.7. The van der Waals surface area contributed by atoms with E-state index in [-0.39, 0.29) is 11.5 Å². The van der Waals surface area contributed by atoms with E-state index in [4.69, 9.17) is 15.4 Å². The van der Waals surface area contributed by atoms with Crippen molar-refractivity contribution in [2.75, 3.05) is 25.0 Å². The Morgan fingerprint density at radius 1 is 1.10 bits per heavy atom. The Morgan fingerprint density at radius 2 is 1.77 bits per heavy atom. The second kappa shape index (κ2) is 9.33. The molecule has 0 aliphatic heterocycles. The molecular formula is C25H33N5O. The predicted octanol–water partition coefficient (Wildman–Crippen LogP) is 5.02. The van der Waals surface area contributed by atoms with E-state index in [2.05, 4.69) is 50.0 Å². The Balaban J connectivity index is 2.04. The monoisotopic (exact) mass is 419 g/mol. The van der Waals surface area contributed by atoms with Crippen molar-refractivity contribution in [3.05, 3.63) is 59.4 Å². The number of aromatic nitrogens is 2. The van der Waals surface area contributed by atoms with Crippen molar-refractivity contribution in [1.82, 2.24) is 15.3 Å². The molecule has 1 aliphatic carbocycles. The summed E-state index contributed by atoms with van der Waals surface area (Å²) in [5, 5.41) is 22.4. The molecule has 1 aromatic heterocycles. The molecule has 31 heavy (non-hydrogen) atoms. The highest BCUT2D eigenvalue weighted by atomic mass is 16.3. The lowest BCUT2D eigenvalue weighted by molar-refractivity contribution is 0.437. The van der Waals surface area contributed by atoms with Crippen LogP contribution in [-0.2, 0) is 0 Å². The van der Waals surface area contributed by atoms with Crippen LogP contribution in [0.3, 0.4) is 0 Å². The maximum absolute atomic E-state index is 10.4. The van der Waals surface area contributed by atoms with E-state index in [9.17, 15) is 5.11 Å². The molecule has 0 fully saturated rings. The Bertz CT molecular complexity index is 1070. The lowest BCUT2D eigenvalue weighted by Gasteiger charge is -2.29. The number of aliphatic hydroxyl groups is 1. The van der Waals surface area contributed by atoms with E-state index in [1.54, 1.807) is 19.3 Å². The number of fused-ring (bicyclic) bond motifs is 1. The van der Waals surface area contributed by atoms with Crippen LogP contribution in [0.5, 0.6) is 0 Å². The Hall–Kier alpha value is -3.15. The summed E-state index contributed by atoms with van der Waals surface area (Å²) in [6.45, 7) is 12.9. The number of hydrogen-bond acceptors (Lipinski definition) is 6. The molecule has 1 aliphatic rings. The van der Waals surface area contributed by atoms with Gasteiger partial charge in [0, 0.05) is 54.8 Å². The van der Waals surface area contributed by atoms with E-state index in [1.807, 2.05) is 13.0 Å². The molecule has 3 rings (SSSR count). The van der Waals surface area contributed by atoms with E-state index < -0.39 is 0 Å². The van der Waals surface area contributed by atoms with Crippen molar-refractivity contribution in [2.24, 2.45) is 11.8 Å². The molecule has 6 heteroatoms. The summed E-state index contributed by atoms with van der Waals surface area (Å²) in [5.41, 5.74) is 4.32. The molecule has 0 bridgehead atoms. The zero-order chi connectivity index (χ0) is 22.7. The van der Waals surface area contributed by atoms with Crippen molar-refractivity contribution in [3.63, 3.8) is 0 Å². The largest absolute Gasteiger partial charge is 0.507 e. The lowest BCUT2D eigenvalue weighted by Crippen LogP contribution is -2.31. The topological polar surface area (TPSA) is 85.1 Å². The summed E-state index contributed by atoms with van der Waals surface area (Å²) in [5.74, 6) is 1.61.